The molecule has 0 bridgehead atoms. The SMILES string of the molecule is O=C(Nc1ccc(F)cc1)N1CCN(c2cc(NC3CCCCC3)nc3cc(Cl)ccc23)CC1. The van der Waals surface area contributed by atoms with Gasteiger partial charge < -0.3 is 20.4 Å². The van der Waals surface area contributed by atoms with Crippen LogP contribution in [0.5, 0.6) is 0 Å². The number of pyridine rings is 1. The molecule has 5 rings (SSSR count). The van der Waals surface area contributed by atoms with E-state index in [4.69, 9.17) is 16.6 Å². The molecule has 1 aliphatic heterocycles. The minimum absolute atomic E-state index is 0.169. The molecule has 2 aromatic carbocycles. The van der Waals surface area contributed by atoms with Crippen LogP contribution >= 0.6 is 11.6 Å². The van der Waals surface area contributed by atoms with Gasteiger partial charge in [0.25, 0.3) is 0 Å². The molecule has 6 nitrogen and oxygen atoms in total. The van der Waals surface area contributed by atoms with Gasteiger partial charge in [0.05, 0.1) is 5.52 Å². The number of amides is 2. The van der Waals surface area contributed by atoms with Crippen LogP contribution in [0.2, 0.25) is 5.02 Å². The second-order valence-electron chi connectivity index (χ2n) is 9.08. The van der Waals surface area contributed by atoms with E-state index >= 15 is 0 Å². The number of piperazine rings is 1. The molecule has 1 saturated heterocycles. The van der Waals surface area contributed by atoms with E-state index in [9.17, 15) is 9.18 Å². The van der Waals surface area contributed by atoms with Crippen LogP contribution in [-0.4, -0.2) is 48.1 Å². The van der Waals surface area contributed by atoms with Crippen LogP contribution in [0.15, 0.2) is 48.5 Å². The molecule has 1 saturated carbocycles. The molecule has 2 fully saturated rings. The number of rotatable bonds is 4. The summed E-state index contributed by atoms with van der Waals surface area (Å²) in [4.78, 5) is 21.7. The smallest absolute Gasteiger partial charge is 0.321 e. The van der Waals surface area contributed by atoms with Crippen molar-refractivity contribution in [1.82, 2.24) is 9.88 Å². The molecular weight excluding hydrogens is 453 g/mol. The molecule has 0 atom stereocenters. The van der Waals surface area contributed by atoms with Gasteiger partial charge in [-0.3, -0.25) is 0 Å². The van der Waals surface area contributed by atoms with E-state index in [1.807, 2.05) is 18.2 Å². The van der Waals surface area contributed by atoms with Crippen molar-refractivity contribution in [2.45, 2.75) is 38.1 Å². The minimum atomic E-state index is -0.324. The number of anilines is 3. The Balaban J connectivity index is 1.31. The summed E-state index contributed by atoms with van der Waals surface area (Å²) < 4.78 is 13.1. The Morgan fingerprint density at radius 3 is 2.44 bits per heavy atom. The Morgan fingerprint density at radius 2 is 1.71 bits per heavy atom. The Kier molecular flexibility index (Phi) is 6.72. The maximum atomic E-state index is 13.1. The first-order valence-corrected chi connectivity index (χ1v) is 12.4. The van der Waals surface area contributed by atoms with Crippen molar-refractivity contribution < 1.29 is 9.18 Å². The van der Waals surface area contributed by atoms with Crippen LogP contribution in [0.4, 0.5) is 26.4 Å². The Bertz CT molecular complexity index is 1160. The number of aromatic nitrogens is 1. The Hall–Kier alpha value is -3.06. The molecule has 0 unspecified atom stereocenters. The fourth-order valence-corrected chi connectivity index (χ4v) is 5.03. The van der Waals surface area contributed by atoms with E-state index in [2.05, 4.69) is 21.6 Å². The molecule has 1 aliphatic carbocycles. The van der Waals surface area contributed by atoms with Gasteiger partial charge in [-0.25, -0.2) is 14.2 Å². The lowest BCUT2D eigenvalue weighted by molar-refractivity contribution is 0.208. The first-order chi connectivity index (χ1) is 16.5. The molecule has 2 N–H and O–H groups in total. The van der Waals surface area contributed by atoms with Gasteiger partial charge in [-0.1, -0.05) is 30.9 Å². The molecule has 0 radical (unpaired) electrons. The van der Waals surface area contributed by atoms with Gasteiger partial charge in [-0.15, -0.1) is 0 Å². The maximum Gasteiger partial charge on any atom is 0.321 e. The molecule has 34 heavy (non-hydrogen) atoms. The summed E-state index contributed by atoms with van der Waals surface area (Å²) in [5.41, 5.74) is 2.57. The van der Waals surface area contributed by atoms with Crippen LogP contribution in [0.1, 0.15) is 32.1 Å². The number of hydrogen-bond acceptors (Lipinski definition) is 4. The van der Waals surface area contributed by atoms with Crippen molar-refractivity contribution in [1.29, 1.82) is 0 Å². The summed E-state index contributed by atoms with van der Waals surface area (Å²) in [6, 6.07) is 14.1. The van der Waals surface area contributed by atoms with Crippen molar-refractivity contribution in [3.8, 4) is 0 Å². The fraction of sp³-hybridized carbons (Fsp3) is 0.385. The van der Waals surface area contributed by atoms with Crippen LogP contribution in [0.25, 0.3) is 10.9 Å². The first kappa shape index (κ1) is 22.7. The molecule has 2 aliphatic rings. The average molecular weight is 482 g/mol. The van der Waals surface area contributed by atoms with Crippen LogP contribution in [-0.2, 0) is 0 Å². The summed E-state index contributed by atoms with van der Waals surface area (Å²) >= 11 is 6.28. The van der Waals surface area contributed by atoms with Gasteiger partial charge >= 0.3 is 6.03 Å². The number of nitrogens with one attached hydrogen (secondary N) is 2. The largest absolute Gasteiger partial charge is 0.367 e. The van der Waals surface area contributed by atoms with Crippen molar-refractivity contribution in [2.24, 2.45) is 0 Å². The summed E-state index contributed by atoms with van der Waals surface area (Å²) in [7, 11) is 0. The molecular formula is C26H29ClFN5O. The zero-order valence-electron chi connectivity index (χ0n) is 19.1. The highest BCUT2D eigenvalue weighted by Crippen LogP contribution is 2.32. The molecule has 8 heteroatoms. The van der Waals surface area contributed by atoms with Crippen LogP contribution < -0.4 is 15.5 Å². The molecule has 2 amide bonds. The summed E-state index contributed by atoms with van der Waals surface area (Å²) in [5.74, 6) is 0.558. The molecule has 1 aromatic heterocycles. The summed E-state index contributed by atoms with van der Waals surface area (Å²) in [5, 5.41) is 8.23. The number of hydrogen-bond donors (Lipinski definition) is 2. The van der Waals surface area contributed by atoms with E-state index in [0.717, 1.165) is 22.4 Å². The number of urea groups is 1. The average Bonchev–Trinajstić information content (AvgIpc) is 2.85. The third-order valence-corrected chi connectivity index (χ3v) is 6.95. The quantitative estimate of drug-likeness (QED) is 0.471. The zero-order chi connectivity index (χ0) is 23.5. The van der Waals surface area contributed by atoms with Gasteiger partial charge in [-0.05, 0) is 55.3 Å². The van der Waals surface area contributed by atoms with Crippen LogP contribution in [0.3, 0.4) is 0 Å². The minimum Gasteiger partial charge on any atom is -0.367 e. The molecule has 0 spiro atoms. The van der Waals surface area contributed by atoms with Crippen molar-refractivity contribution >= 4 is 45.7 Å². The van der Waals surface area contributed by atoms with E-state index < -0.39 is 0 Å². The third-order valence-electron chi connectivity index (χ3n) is 6.71. The van der Waals surface area contributed by atoms with Crippen molar-refractivity contribution in [3.63, 3.8) is 0 Å². The number of fused-ring (bicyclic) bond motifs is 1. The van der Waals surface area contributed by atoms with Crippen molar-refractivity contribution in [3.05, 3.63) is 59.4 Å². The second kappa shape index (κ2) is 10.1. The number of carbonyl (C=O) groups excluding carboxylic acids is 1. The zero-order valence-corrected chi connectivity index (χ0v) is 19.8. The van der Waals surface area contributed by atoms with E-state index in [0.29, 0.717) is 42.9 Å². The van der Waals surface area contributed by atoms with Crippen LogP contribution in [0, 0.1) is 5.82 Å². The maximum absolute atomic E-state index is 13.1. The topological polar surface area (TPSA) is 60.5 Å². The lowest BCUT2D eigenvalue weighted by atomic mass is 9.95. The van der Waals surface area contributed by atoms with E-state index in [-0.39, 0.29) is 11.8 Å². The van der Waals surface area contributed by atoms with Gasteiger partial charge in [0.2, 0.25) is 0 Å². The van der Waals surface area contributed by atoms with Gasteiger partial charge in [0.1, 0.15) is 11.6 Å². The lowest BCUT2D eigenvalue weighted by Crippen LogP contribution is -2.50. The summed E-state index contributed by atoms with van der Waals surface area (Å²) in [6.45, 7) is 2.61. The first-order valence-electron chi connectivity index (χ1n) is 12.0. The number of halogens is 2. The Labute approximate surface area is 204 Å². The highest BCUT2D eigenvalue weighted by atomic mass is 35.5. The highest BCUT2D eigenvalue weighted by Gasteiger charge is 2.24. The lowest BCUT2D eigenvalue weighted by Gasteiger charge is -2.36. The normalized spacial score (nSPS) is 17.1. The fourth-order valence-electron chi connectivity index (χ4n) is 4.86. The molecule has 178 valence electrons. The predicted molar refractivity (Wildman–Crippen MR) is 136 cm³/mol. The standard InChI is InChI=1S/C26H29ClFN5O/c27-18-6-11-22-23(16-18)31-25(29-20-4-2-1-3-5-20)17-24(22)32-12-14-33(15-13-32)26(34)30-21-9-7-19(28)8-10-21/h6-11,16-17,20H,1-5,12-15H2,(H,29,31)(H,30,34). The van der Waals surface area contributed by atoms with Crippen molar-refractivity contribution in [2.75, 3.05) is 41.7 Å². The monoisotopic (exact) mass is 481 g/mol. The second-order valence-corrected chi connectivity index (χ2v) is 9.51. The third kappa shape index (κ3) is 5.20. The van der Waals surface area contributed by atoms with E-state index in [1.165, 1.54) is 44.2 Å². The molecule has 2 heterocycles. The summed E-state index contributed by atoms with van der Waals surface area (Å²) in [6.07, 6.45) is 6.17. The van der Waals surface area contributed by atoms with Gasteiger partial charge in [0.15, 0.2) is 0 Å². The predicted octanol–water partition coefficient (Wildman–Crippen LogP) is 6.13. The van der Waals surface area contributed by atoms with Gasteiger partial charge in [0, 0.05) is 60.1 Å². The van der Waals surface area contributed by atoms with E-state index in [1.54, 1.807) is 17.0 Å². The number of benzene rings is 2. The van der Waals surface area contributed by atoms with Gasteiger partial charge in [-0.2, -0.15) is 0 Å². The Morgan fingerprint density at radius 1 is 0.971 bits per heavy atom. The highest BCUT2D eigenvalue weighted by molar-refractivity contribution is 6.31. The number of nitrogens with zero attached hydrogens (tertiary/aromatic N) is 3. The molecule has 3 aromatic rings. The number of carbonyl (C=O) groups is 1.